The number of aromatic amines is 1. The minimum absolute atomic E-state index is 0.0572. The molecule has 8 heteroatoms. The van der Waals surface area contributed by atoms with Crippen LogP contribution in [0.4, 0.5) is 5.95 Å². The summed E-state index contributed by atoms with van der Waals surface area (Å²) in [4.78, 5) is 22.0. The Hall–Kier alpha value is -2.19. The number of rotatable bonds is 2. The molecule has 27 heavy (non-hydrogen) atoms. The molecule has 0 spiro atoms. The average Bonchev–Trinajstić information content (AvgIpc) is 3.06. The van der Waals surface area contributed by atoms with Crippen molar-refractivity contribution in [2.75, 3.05) is 31.2 Å². The number of hydrogen-bond donors (Lipinski definition) is 1. The first-order valence-electron chi connectivity index (χ1n) is 8.96. The highest BCUT2D eigenvalue weighted by molar-refractivity contribution is 9.10. The molecule has 3 heterocycles. The van der Waals surface area contributed by atoms with E-state index in [1.54, 1.807) is 10.9 Å². The zero-order valence-corrected chi connectivity index (χ0v) is 17.2. The van der Waals surface area contributed by atoms with Gasteiger partial charge in [-0.2, -0.15) is 4.98 Å². The summed E-state index contributed by atoms with van der Waals surface area (Å²) in [6.07, 6.45) is 1.72. The summed E-state index contributed by atoms with van der Waals surface area (Å²) in [5, 5.41) is 5.02. The Labute approximate surface area is 165 Å². The molecular formula is C19H22BrN5O2. The number of aromatic nitrogens is 4. The van der Waals surface area contributed by atoms with Gasteiger partial charge in [-0.25, -0.2) is 4.68 Å². The molecule has 1 fully saturated rings. The lowest BCUT2D eigenvalue weighted by atomic mass is 9.87. The molecule has 0 unspecified atom stereocenters. The summed E-state index contributed by atoms with van der Waals surface area (Å²) in [5.74, 6) is 0.545. The van der Waals surface area contributed by atoms with Gasteiger partial charge in [0.2, 0.25) is 5.95 Å². The van der Waals surface area contributed by atoms with Crippen molar-refractivity contribution in [3.05, 3.63) is 44.8 Å². The van der Waals surface area contributed by atoms with Crippen LogP contribution in [-0.2, 0) is 10.2 Å². The topological polar surface area (TPSA) is 76.0 Å². The minimum atomic E-state index is -0.185. The van der Waals surface area contributed by atoms with E-state index in [2.05, 4.69) is 63.9 Å². The van der Waals surface area contributed by atoms with Crippen molar-refractivity contribution in [2.45, 2.75) is 26.2 Å². The van der Waals surface area contributed by atoms with Crippen molar-refractivity contribution >= 4 is 32.9 Å². The maximum Gasteiger partial charge on any atom is 0.263 e. The third-order valence-corrected chi connectivity index (χ3v) is 5.38. The van der Waals surface area contributed by atoms with Gasteiger partial charge >= 0.3 is 0 Å². The Morgan fingerprint density at radius 3 is 2.63 bits per heavy atom. The number of ether oxygens (including phenoxy) is 1. The van der Waals surface area contributed by atoms with Gasteiger partial charge < -0.3 is 9.64 Å². The molecule has 7 nitrogen and oxygen atoms in total. The van der Waals surface area contributed by atoms with E-state index in [-0.39, 0.29) is 11.0 Å². The van der Waals surface area contributed by atoms with E-state index in [0.717, 1.165) is 10.2 Å². The van der Waals surface area contributed by atoms with E-state index in [0.29, 0.717) is 43.3 Å². The molecular weight excluding hydrogens is 410 g/mol. The number of hydrogen-bond acceptors (Lipinski definition) is 5. The van der Waals surface area contributed by atoms with Gasteiger partial charge in [-0.3, -0.25) is 9.78 Å². The normalized spacial score (nSPS) is 15.5. The fourth-order valence-electron chi connectivity index (χ4n) is 3.11. The summed E-state index contributed by atoms with van der Waals surface area (Å²) in [5.41, 5.74) is 2.40. The van der Waals surface area contributed by atoms with Gasteiger partial charge in [0.05, 0.1) is 18.9 Å². The third kappa shape index (κ3) is 3.51. The lowest BCUT2D eigenvalue weighted by Crippen LogP contribution is -2.38. The van der Waals surface area contributed by atoms with Crippen LogP contribution in [0.3, 0.4) is 0 Å². The predicted molar refractivity (Wildman–Crippen MR) is 109 cm³/mol. The molecule has 0 bridgehead atoms. The van der Waals surface area contributed by atoms with Crippen LogP contribution in [0, 0.1) is 0 Å². The van der Waals surface area contributed by atoms with Crippen LogP contribution in [0.15, 0.2) is 33.7 Å². The summed E-state index contributed by atoms with van der Waals surface area (Å²) in [7, 11) is 0. The van der Waals surface area contributed by atoms with Gasteiger partial charge in [0, 0.05) is 23.8 Å². The van der Waals surface area contributed by atoms with Crippen molar-refractivity contribution < 1.29 is 4.74 Å². The smallest absolute Gasteiger partial charge is 0.263 e. The predicted octanol–water partition coefficient (Wildman–Crippen LogP) is 3.01. The highest BCUT2D eigenvalue weighted by Gasteiger charge is 2.18. The quantitative estimate of drug-likeness (QED) is 0.674. The summed E-state index contributed by atoms with van der Waals surface area (Å²) in [6, 6.07) is 6.19. The minimum Gasteiger partial charge on any atom is -0.378 e. The second-order valence-electron chi connectivity index (χ2n) is 7.72. The number of nitrogens with zero attached hydrogens (tertiary/aromatic N) is 4. The standard InChI is InChI=1S/C19H22BrN5O2/c1-19(2,3)12-4-5-15(14(20)10-12)25-11-13-16(23-25)21-18(22-17(13)26)24-6-8-27-9-7-24/h4-5,10-11H,6-9H2,1-3H3,(H,21,22,23,26). The molecule has 3 aromatic rings. The van der Waals surface area contributed by atoms with Crippen LogP contribution in [0.5, 0.6) is 0 Å². The molecule has 0 saturated carbocycles. The fraction of sp³-hybridized carbons (Fsp3) is 0.421. The summed E-state index contributed by atoms with van der Waals surface area (Å²) >= 11 is 3.64. The van der Waals surface area contributed by atoms with E-state index in [1.165, 1.54) is 5.56 Å². The number of fused-ring (bicyclic) bond motifs is 1. The van der Waals surface area contributed by atoms with Crippen molar-refractivity contribution in [1.82, 2.24) is 19.7 Å². The maximum absolute atomic E-state index is 12.5. The molecule has 1 aliphatic rings. The van der Waals surface area contributed by atoms with Crippen molar-refractivity contribution in [3.8, 4) is 5.69 Å². The van der Waals surface area contributed by atoms with Crippen LogP contribution in [0.25, 0.3) is 16.7 Å². The Bertz CT molecular complexity index is 1040. The molecule has 4 rings (SSSR count). The SMILES string of the molecule is CC(C)(C)c1ccc(-n2cc3c(=O)[nH]c(N4CCOCC4)nc3n2)c(Br)c1. The molecule has 1 saturated heterocycles. The van der Waals surface area contributed by atoms with Gasteiger partial charge in [0.15, 0.2) is 5.65 Å². The van der Waals surface area contributed by atoms with E-state index in [9.17, 15) is 4.79 Å². The van der Waals surface area contributed by atoms with E-state index in [4.69, 9.17) is 4.74 Å². The number of morpholine rings is 1. The zero-order chi connectivity index (χ0) is 19.2. The monoisotopic (exact) mass is 431 g/mol. The fourth-order valence-corrected chi connectivity index (χ4v) is 3.67. The Morgan fingerprint density at radius 1 is 1.22 bits per heavy atom. The summed E-state index contributed by atoms with van der Waals surface area (Å²) < 4.78 is 7.99. The number of nitrogens with one attached hydrogen (secondary N) is 1. The Balaban J connectivity index is 1.75. The summed E-state index contributed by atoms with van der Waals surface area (Å²) in [6.45, 7) is 9.18. The maximum atomic E-state index is 12.5. The van der Waals surface area contributed by atoms with Crippen LogP contribution < -0.4 is 10.5 Å². The Morgan fingerprint density at radius 2 is 1.96 bits per heavy atom. The van der Waals surface area contributed by atoms with Gasteiger partial charge in [-0.15, -0.1) is 5.10 Å². The van der Waals surface area contributed by atoms with E-state index < -0.39 is 0 Å². The van der Waals surface area contributed by atoms with Crippen LogP contribution >= 0.6 is 15.9 Å². The van der Waals surface area contributed by atoms with Gasteiger partial charge in [-0.05, 0) is 39.0 Å². The highest BCUT2D eigenvalue weighted by Crippen LogP contribution is 2.29. The Kier molecular flexibility index (Phi) is 4.55. The molecule has 1 aliphatic heterocycles. The third-order valence-electron chi connectivity index (χ3n) is 4.75. The molecule has 2 aromatic heterocycles. The van der Waals surface area contributed by atoms with Gasteiger partial charge in [0.1, 0.15) is 5.39 Å². The second kappa shape index (κ2) is 6.76. The van der Waals surface area contributed by atoms with E-state index >= 15 is 0 Å². The molecule has 0 radical (unpaired) electrons. The van der Waals surface area contributed by atoms with Gasteiger partial charge in [0.25, 0.3) is 5.56 Å². The molecule has 1 aromatic carbocycles. The zero-order valence-electron chi connectivity index (χ0n) is 15.6. The van der Waals surface area contributed by atoms with Crippen molar-refractivity contribution in [1.29, 1.82) is 0 Å². The lowest BCUT2D eigenvalue weighted by Gasteiger charge is -2.26. The largest absolute Gasteiger partial charge is 0.378 e. The van der Waals surface area contributed by atoms with Gasteiger partial charge in [-0.1, -0.05) is 26.8 Å². The van der Waals surface area contributed by atoms with Crippen molar-refractivity contribution in [3.63, 3.8) is 0 Å². The molecule has 0 amide bonds. The molecule has 1 N–H and O–H groups in total. The first kappa shape index (κ1) is 18.2. The average molecular weight is 432 g/mol. The number of H-pyrrole nitrogens is 1. The van der Waals surface area contributed by atoms with Crippen LogP contribution in [0.1, 0.15) is 26.3 Å². The van der Waals surface area contributed by atoms with E-state index in [1.807, 2.05) is 11.0 Å². The van der Waals surface area contributed by atoms with Crippen LogP contribution in [0.2, 0.25) is 0 Å². The van der Waals surface area contributed by atoms with Crippen LogP contribution in [-0.4, -0.2) is 46.1 Å². The molecule has 0 aliphatic carbocycles. The first-order valence-corrected chi connectivity index (χ1v) is 9.75. The molecule has 142 valence electrons. The second-order valence-corrected chi connectivity index (χ2v) is 8.57. The number of benzene rings is 1. The number of halogens is 1. The number of anilines is 1. The first-order chi connectivity index (χ1) is 12.8. The lowest BCUT2D eigenvalue weighted by molar-refractivity contribution is 0.122. The molecule has 0 atom stereocenters. The highest BCUT2D eigenvalue weighted by atomic mass is 79.9. The van der Waals surface area contributed by atoms with Crippen molar-refractivity contribution in [2.24, 2.45) is 0 Å².